The van der Waals surface area contributed by atoms with E-state index in [4.69, 9.17) is 5.21 Å². The van der Waals surface area contributed by atoms with Crippen LogP contribution in [0.2, 0.25) is 0 Å². The predicted octanol–water partition coefficient (Wildman–Crippen LogP) is 1.17. The minimum absolute atomic E-state index is 0.260. The molecule has 1 atom stereocenters. The molecule has 1 amide bonds. The number of carbonyl (C=O) groups is 1. The molecular formula is C7H13NO2S. The molecule has 1 unspecified atom stereocenters. The third kappa shape index (κ3) is 3.12. The first-order chi connectivity index (χ1) is 5.33. The van der Waals surface area contributed by atoms with Crippen LogP contribution >= 0.6 is 11.8 Å². The fourth-order valence-corrected chi connectivity index (χ4v) is 2.53. The highest BCUT2D eigenvalue weighted by Crippen LogP contribution is 2.27. The summed E-state index contributed by atoms with van der Waals surface area (Å²) in [5, 5.41) is 8.68. The molecule has 0 aromatic rings. The summed E-state index contributed by atoms with van der Waals surface area (Å²) in [6.45, 7) is 0. The van der Waals surface area contributed by atoms with Gasteiger partial charge in [0.25, 0.3) is 0 Å². The van der Waals surface area contributed by atoms with Crippen LogP contribution in [0.3, 0.4) is 0 Å². The Hall–Kier alpha value is -0.220. The van der Waals surface area contributed by atoms with Crippen LogP contribution in [-0.2, 0) is 4.79 Å². The summed E-state index contributed by atoms with van der Waals surface area (Å²) < 4.78 is 0. The Labute approximate surface area is 70.5 Å². The molecule has 11 heavy (non-hydrogen) atoms. The van der Waals surface area contributed by atoms with Gasteiger partial charge >= 0.3 is 0 Å². The Morgan fingerprint density at radius 3 is 3.00 bits per heavy atom. The van der Waals surface area contributed by atoms with Gasteiger partial charge in [-0.25, -0.2) is 5.48 Å². The summed E-state index contributed by atoms with van der Waals surface area (Å²) in [6, 6.07) is 0. The monoisotopic (exact) mass is 175 g/mol. The van der Waals surface area contributed by atoms with E-state index < -0.39 is 0 Å². The smallest absolute Gasteiger partial charge is 0.244 e. The van der Waals surface area contributed by atoms with Crippen LogP contribution in [0.1, 0.15) is 25.7 Å². The van der Waals surface area contributed by atoms with Gasteiger partial charge in [-0.1, -0.05) is 6.42 Å². The van der Waals surface area contributed by atoms with Crippen molar-refractivity contribution in [2.24, 2.45) is 0 Å². The van der Waals surface area contributed by atoms with E-state index in [1.807, 2.05) is 11.8 Å². The first-order valence-corrected chi connectivity index (χ1v) is 4.92. The van der Waals surface area contributed by atoms with Crippen molar-refractivity contribution in [2.45, 2.75) is 30.9 Å². The molecule has 3 nitrogen and oxygen atoms in total. The molecule has 0 spiro atoms. The van der Waals surface area contributed by atoms with Gasteiger partial charge in [-0.05, 0) is 18.6 Å². The van der Waals surface area contributed by atoms with Crippen molar-refractivity contribution >= 4 is 17.7 Å². The van der Waals surface area contributed by atoms with Gasteiger partial charge in [0.15, 0.2) is 0 Å². The molecule has 1 aliphatic heterocycles. The lowest BCUT2D eigenvalue weighted by Crippen LogP contribution is -2.24. The van der Waals surface area contributed by atoms with Crippen molar-refractivity contribution < 1.29 is 10.0 Å². The van der Waals surface area contributed by atoms with Gasteiger partial charge in [0, 0.05) is 11.7 Å². The van der Waals surface area contributed by atoms with Crippen molar-refractivity contribution in [3.63, 3.8) is 0 Å². The fraction of sp³-hybridized carbons (Fsp3) is 0.857. The molecule has 0 aromatic heterocycles. The van der Waals surface area contributed by atoms with E-state index in [2.05, 4.69) is 0 Å². The minimum atomic E-state index is -0.260. The molecule has 1 aliphatic rings. The molecule has 0 radical (unpaired) electrons. The Bertz CT molecular complexity index is 134. The average molecular weight is 175 g/mol. The van der Waals surface area contributed by atoms with Crippen LogP contribution in [0.5, 0.6) is 0 Å². The molecule has 1 fully saturated rings. The zero-order chi connectivity index (χ0) is 8.10. The van der Waals surface area contributed by atoms with E-state index in [0.717, 1.165) is 12.2 Å². The maximum Gasteiger partial charge on any atom is 0.244 e. The van der Waals surface area contributed by atoms with E-state index in [1.165, 1.54) is 12.8 Å². The summed E-state index contributed by atoms with van der Waals surface area (Å²) in [5.74, 6) is 0.896. The zero-order valence-electron chi connectivity index (χ0n) is 6.38. The van der Waals surface area contributed by atoms with E-state index in [1.54, 1.807) is 5.48 Å². The number of nitrogens with one attached hydrogen (secondary N) is 1. The van der Waals surface area contributed by atoms with Gasteiger partial charge in [-0.2, -0.15) is 11.8 Å². The topological polar surface area (TPSA) is 49.3 Å². The normalized spacial score (nSPS) is 24.6. The maximum atomic E-state index is 10.7. The third-order valence-electron chi connectivity index (χ3n) is 1.81. The van der Waals surface area contributed by atoms with Gasteiger partial charge in [-0.3, -0.25) is 10.0 Å². The summed E-state index contributed by atoms with van der Waals surface area (Å²) in [5.41, 5.74) is 1.66. The number of rotatable bonds is 2. The zero-order valence-corrected chi connectivity index (χ0v) is 7.19. The molecule has 1 heterocycles. The largest absolute Gasteiger partial charge is 0.289 e. The SMILES string of the molecule is O=C(CC1CCCCS1)NO. The number of hydroxylamine groups is 1. The lowest BCUT2D eigenvalue weighted by atomic mass is 10.1. The van der Waals surface area contributed by atoms with E-state index in [-0.39, 0.29) is 5.91 Å². The van der Waals surface area contributed by atoms with Gasteiger partial charge < -0.3 is 0 Å². The van der Waals surface area contributed by atoms with Crippen LogP contribution in [0.25, 0.3) is 0 Å². The highest BCUT2D eigenvalue weighted by molar-refractivity contribution is 7.99. The summed E-state index contributed by atoms with van der Waals surface area (Å²) in [4.78, 5) is 10.7. The van der Waals surface area contributed by atoms with E-state index in [9.17, 15) is 4.79 Å². The summed E-state index contributed by atoms with van der Waals surface area (Å²) in [7, 11) is 0. The van der Waals surface area contributed by atoms with Crippen LogP contribution in [0.15, 0.2) is 0 Å². The van der Waals surface area contributed by atoms with Crippen LogP contribution < -0.4 is 5.48 Å². The number of thioether (sulfide) groups is 1. The van der Waals surface area contributed by atoms with Gasteiger partial charge in [0.2, 0.25) is 5.91 Å². The second-order valence-electron chi connectivity index (χ2n) is 2.73. The van der Waals surface area contributed by atoms with Crippen molar-refractivity contribution in [3.05, 3.63) is 0 Å². The Balaban J connectivity index is 2.19. The maximum absolute atomic E-state index is 10.7. The number of carbonyl (C=O) groups excluding carboxylic acids is 1. The minimum Gasteiger partial charge on any atom is -0.289 e. The summed E-state index contributed by atoms with van der Waals surface area (Å²) in [6.07, 6.45) is 4.05. The van der Waals surface area contributed by atoms with Crippen molar-refractivity contribution in [1.82, 2.24) is 5.48 Å². The van der Waals surface area contributed by atoms with Crippen molar-refractivity contribution in [2.75, 3.05) is 5.75 Å². The highest BCUT2D eigenvalue weighted by atomic mass is 32.2. The number of amides is 1. The molecular weight excluding hydrogens is 162 g/mol. The Kier molecular flexibility index (Phi) is 3.72. The van der Waals surface area contributed by atoms with E-state index >= 15 is 0 Å². The molecule has 0 bridgehead atoms. The quantitative estimate of drug-likeness (QED) is 0.489. The average Bonchev–Trinajstić information content (AvgIpc) is 2.06. The highest BCUT2D eigenvalue weighted by Gasteiger charge is 2.16. The molecule has 64 valence electrons. The first-order valence-electron chi connectivity index (χ1n) is 3.87. The second kappa shape index (κ2) is 4.62. The van der Waals surface area contributed by atoms with Crippen LogP contribution in [0, 0.1) is 0 Å². The number of hydrogen-bond acceptors (Lipinski definition) is 3. The van der Waals surface area contributed by atoms with Gasteiger partial charge in [0.1, 0.15) is 0 Å². The summed E-state index contributed by atoms with van der Waals surface area (Å²) >= 11 is 1.83. The van der Waals surface area contributed by atoms with Crippen molar-refractivity contribution in [1.29, 1.82) is 0 Å². The van der Waals surface area contributed by atoms with Crippen LogP contribution in [-0.4, -0.2) is 22.1 Å². The molecule has 1 saturated heterocycles. The third-order valence-corrected chi connectivity index (χ3v) is 3.21. The molecule has 4 heteroatoms. The lowest BCUT2D eigenvalue weighted by Gasteiger charge is -2.19. The fourth-order valence-electron chi connectivity index (χ4n) is 1.22. The second-order valence-corrected chi connectivity index (χ2v) is 4.14. The lowest BCUT2D eigenvalue weighted by molar-refractivity contribution is -0.129. The van der Waals surface area contributed by atoms with E-state index in [0.29, 0.717) is 11.7 Å². The van der Waals surface area contributed by atoms with Crippen LogP contribution in [0.4, 0.5) is 0 Å². The van der Waals surface area contributed by atoms with Gasteiger partial charge in [-0.15, -0.1) is 0 Å². The van der Waals surface area contributed by atoms with Crippen molar-refractivity contribution in [3.8, 4) is 0 Å². The standard InChI is InChI=1S/C7H13NO2S/c9-7(8-10)5-6-3-1-2-4-11-6/h6,10H,1-5H2,(H,8,9). The first kappa shape index (κ1) is 8.87. The van der Waals surface area contributed by atoms with Gasteiger partial charge in [0.05, 0.1) is 0 Å². The molecule has 2 N–H and O–H groups in total. The Morgan fingerprint density at radius 1 is 1.64 bits per heavy atom. The predicted molar refractivity (Wildman–Crippen MR) is 44.6 cm³/mol. The molecule has 1 rings (SSSR count). The number of hydrogen-bond donors (Lipinski definition) is 2. The molecule has 0 aromatic carbocycles. The molecule has 0 aliphatic carbocycles. The Morgan fingerprint density at radius 2 is 2.45 bits per heavy atom. The molecule has 0 saturated carbocycles.